The van der Waals surface area contributed by atoms with Crippen LogP contribution in [0.1, 0.15) is 41.7 Å². The molecule has 0 radical (unpaired) electrons. The zero-order valence-corrected chi connectivity index (χ0v) is 22.1. The fourth-order valence-corrected chi connectivity index (χ4v) is 5.33. The Kier molecular flexibility index (Phi) is 7.81. The lowest BCUT2D eigenvalue weighted by Gasteiger charge is -2.36. The van der Waals surface area contributed by atoms with Gasteiger partial charge in [0.25, 0.3) is 0 Å². The van der Waals surface area contributed by atoms with E-state index >= 15 is 0 Å². The normalized spacial score (nSPS) is 12.3. The molecule has 0 saturated carbocycles. The summed E-state index contributed by atoms with van der Waals surface area (Å²) in [4.78, 5) is 2.23. The molecule has 0 aliphatic rings. The van der Waals surface area contributed by atoms with Gasteiger partial charge in [-0.2, -0.15) is 5.10 Å². The molecule has 0 atom stereocenters. The van der Waals surface area contributed by atoms with E-state index in [9.17, 15) is 0 Å². The molecule has 3 rings (SSSR count). The van der Waals surface area contributed by atoms with Crippen LogP contribution in [0.25, 0.3) is 0 Å². The van der Waals surface area contributed by atoms with Crippen molar-refractivity contribution >= 4 is 47.5 Å². The van der Waals surface area contributed by atoms with Crippen LogP contribution >= 0.6 is 27.3 Å². The molecule has 0 fully saturated rings. The van der Waals surface area contributed by atoms with E-state index in [1.54, 1.807) is 11.3 Å². The second-order valence-electron chi connectivity index (χ2n) is 8.90. The molecule has 6 heteroatoms. The van der Waals surface area contributed by atoms with Crippen molar-refractivity contribution in [2.45, 2.75) is 45.5 Å². The molecular formula is C25H29BrN2OSSi. The lowest BCUT2D eigenvalue weighted by molar-refractivity contribution is 0.279. The first-order chi connectivity index (χ1) is 14.7. The summed E-state index contributed by atoms with van der Waals surface area (Å²) in [6, 6.07) is 22.4. The molecule has 2 aromatic carbocycles. The SMILES string of the molecule is CC(C)(C)[Si](C)(C)OCc1cc(Br)c(/C=N/N=C(c2ccccc2)c2ccccc2)s1. The lowest BCUT2D eigenvalue weighted by atomic mass is 10.0. The van der Waals surface area contributed by atoms with Gasteiger partial charge >= 0.3 is 0 Å². The van der Waals surface area contributed by atoms with Crippen molar-refractivity contribution in [3.8, 4) is 0 Å². The Morgan fingerprint density at radius 3 is 2.06 bits per heavy atom. The maximum absolute atomic E-state index is 6.36. The van der Waals surface area contributed by atoms with Crippen LogP contribution in [-0.2, 0) is 11.0 Å². The molecule has 3 nitrogen and oxygen atoms in total. The van der Waals surface area contributed by atoms with Gasteiger partial charge in [0.1, 0.15) is 5.71 Å². The van der Waals surface area contributed by atoms with Crippen LogP contribution in [-0.4, -0.2) is 20.2 Å². The van der Waals surface area contributed by atoms with Crippen molar-refractivity contribution in [3.63, 3.8) is 0 Å². The zero-order chi connectivity index (χ0) is 22.5. The van der Waals surface area contributed by atoms with Crippen LogP contribution in [0.2, 0.25) is 18.1 Å². The molecule has 0 aliphatic carbocycles. The van der Waals surface area contributed by atoms with Crippen LogP contribution in [0.3, 0.4) is 0 Å². The minimum atomic E-state index is -1.78. The Morgan fingerprint density at radius 2 is 1.55 bits per heavy atom. The monoisotopic (exact) mass is 512 g/mol. The van der Waals surface area contributed by atoms with Gasteiger partial charge in [0.05, 0.1) is 17.7 Å². The van der Waals surface area contributed by atoms with Gasteiger partial charge in [0, 0.05) is 20.5 Å². The number of hydrogen-bond donors (Lipinski definition) is 0. The van der Waals surface area contributed by atoms with Crippen molar-refractivity contribution in [3.05, 3.63) is 92.1 Å². The Balaban J connectivity index is 1.80. The van der Waals surface area contributed by atoms with Gasteiger partial charge in [-0.3, -0.25) is 0 Å². The Bertz CT molecular complexity index is 1010. The minimum Gasteiger partial charge on any atom is -0.412 e. The average molecular weight is 514 g/mol. The molecule has 162 valence electrons. The highest BCUT2D eigenvalue weighted by molar-refractivity contribution is 9.10. The standard InChI is InChI=1S/C25H29BrN2OSSi/c1-25(2,3)31(4,5)29-18-21-16-22(26)23(30-21)17-27-28-24(19-12-8-6-9-13-19)20-14-10-7-11-15-20/h6-17H,18H2,1-5H3/b27-17+. The number of halogens is 1. The van der Waals surface area contributed by atoms with Gasteiger partial charge in [-0.15, -0.1) is 16.4 Å². The first-order valence-electron chi connectivity index (χ1n) is 10.3. The van der Waals surface area contributed by atoms with E-state index in [-0.39, 0.29) is 5.04 Å². The fourth-order valence-electron chi connectivity index (χ4n) is 2.67. The third-order valence-electron chi connectivity index (χ3n) is 5.57. The molecule has 0 spiro atoms. The summed E-state index contributed by atoms with van der Waals surface area (Å²) in [5, 5.41) is 9.20. The number of nitrogens with zero attached hydrogens (tertiary/aromatic N) is 2. The van der Waals surface area contributed by atoms with Crippen LogP contribution in [0, 0.1) is 0 Å². The molecule has 0 bridgehead atoms. The molecule has 0 amide bonds. The summed E-state index contributed by atoms with van der Waals surface area (Å²) in [5.74, 6) is 0. The molecule has 3 aromatic rings. The summed E-state index contributed by atoms with van der Waals surface area (Å²) >= 11 is 5.35. The van der Waals surface area contributed by atoms with Crippen molar-refractivity contribution in [1.82, 2.24) is 0 Å². The first kappa shape index (κ1) is 23.8. The molecule has 0 N–H and O–H groups in total. The van der Waals surface area contributed by atoms with E-state index in [2.05, 4.69) is 90.3 Å². The van der Waals surface area contributed by atoms with Crippen LogP contribution in [0.5, 0.6) is 0 Å². The Morgan fingerprint density at radius 1 is 1.00 bits per heavy atom. The van der Waals surface area contributed by atoms with Gasteiger partial charge in [0.15, 0.2) is 8.32 Å². The van der Waals surface area contributed by atoms with E-state index in [4.69, 9.17) is 4.43 Å². The number of rotatable bonds is 7. The van der Waals surface area contributed by atoms with Crippen molar-refractivity contribution in [1.29, 1.82) is 0 Å². The van der Waals surface area contributed by atoms with E-state index in [1.807, 2.05) is 42.6 Å². The van der Waals surface area contributed by atoms with Crippen molar-refractivity contribution < 1.29 is 4.43 Å². The third-order valence-corrected chi connectivity index (χ3v) is 12.0. The summed E-state index contributed by atoms with van der Waals surface area (Å²) < 4.78 is 7.38. The maximum atomic E-state index is 6.36. The highest BCUT2D eigenvalue weighted by atomic mass is 79.9. The highest BCUT2D eigenvalue weighted by Crippen LogP contribution is 2.38. The van der Waals surface area contributed by atoms with Gasteiger partial charge in [-0.05, 0) is 40.1 Å². The maximum Gasteiger partial charge on any atom is 0.192 e. The van der Waals surface area contributed by atoms with Gasteiger partial charge < -0.3 is 4.43 Å². The van der Waals surface area contributed by atoms with Gasteiger partial charge in [0.2, 0.25) is 0 Å². The summed E-state index contributed by atoms with van der Waals surface area (Å²) in [6.07, 6.45) is 1.82. The van der Waals surface area contributed by atoms with Crippen LogP contribution in [0.4, 0.5) is 0 Å². The van der Waals surface area contributed by atoms with Crippen molar-refractivity contribution in [2.24, 2.45) is 10.2 Å². The van der Waals surface area contributed by atoms with Crippen LogP contribution < -0.4 is 0 Å². The topological polar surface area (TPSA) is 34.0 Å². The molecule has 0 aliphatic heterocycles. The van der Waals surface area contributed by atoms with Gasteiger partial charge in [-0.25, -0.2) is 0 Å². The Hall–Kier alpha value is -1.86. The quantitative estimate of drug-likeness (QED) is 0.180. The molecule has 0 unspecified atom stereocenters. The summed E-state index contributed by atoms with van der Waals surface area (Å²) in [7, 11) is -1.78. The second-order valence-corrected chi connectivity index (χ2v) is 15.7. The van der Waals surface area contributed by atoms with E-state index < -0.39 is 8.32 Å². The van der Waals surface area contributed by atoms with Crippen molar-refractivity contribution in [2.75, 3.05) is 0 Å². The molecule has 1 aromatic heterocycles. The zero-order valence-electron chi connectivity index (χ0n) is 18.7. The predicted molar refractivity (Wildman–Crippen MR) is 140 cm³/mol. The fraction of sp³-hybridized carbons (Fsp3) is 0.280. The lowest BCUT2D eigenvalue weighted by Crippen LogP contribution is -2.40. The largest absolute Gasteiger partial charge is 0.412 e. The third kappa shape index (κ3) is 6.32. The van der Waals surface area contributed by atoms with E-state index in [1.165, 1.54) is 4.88 Å². The molecule has 31 heavy (non-hydrogen) atoms. The smallest absolute Gasteiger partial charge is 0.192 e. The van der Waals surface area contributed by atoms with Crippen LogP contribution in [0.15, 0.2) is 81.4 Å². The number of hydrogen-bond acceptors (Lipinski definition) is 4. The minimum absolute atomic E-state index is 0.200. The Labute approximate surface area is 199 Å². The molecule has 1 heterocycles. The van der Waals surface area contributed by atoms with Gasteiger partial charge in [-0.1, -0.05) is 81.4 Å². The second kappa shape index (κ2) is 10.2. The highest BCUT2D eigenvalue weighted by Gasteiger charge is 2.37. The van der Waals surface area contributed by atoms with E-state index in [0.29, 0.717) is 6.61 Å². The summed E-state index contributed by atoms with van der Waals surface area (Å²) in [6.45, 7) is 12.0. The number of benzene rings is 2. The van der Waals surface area contributed by atoms with E-state index in [0.717, 1.165) is 26.2 Å². The number of thiophene rings is 1. The molecular weight excluding hydrogens is 484 g/mol. The average Bonchev–Trinajstić information content (AvgIpc) is 3.10. The summed E-state index contributed by atoms with van der Waals surface area (Å²) in [5.41, 5.74) is 2.94. The molecule has 0 saturated heterocycles. The predicted octanol–water partition coefficient (Wildman–Crippen LogP) is 7.90. The first-order valence-corrected chi connectivity index (χ1v) is 14.8.